The van der Waals surface area contributed by atoms with E-state index < -0.39 is 0 Å². The molecule has 23 heavy (non-hydrogen) atoms. The van der Waals surface area contributed by atoms with Gasteiger partial charge in [0.25, 0.3) is 5.91 Å². The molecule has 3 heteroatoms. The molecule has 2 aromatic rings. The number of benzene rings is 2. The molecule has 2 aromatic carbocycles. The first-order valence-electron chi connectivity index (χ1n) is 8.32. The number of methoxy groups -OCH3 is 1. The van der Waals surface area contributed by atoms with Crippen molar-refractivity contribution in [1.29, 1.82) is 0 Å². The monoisotopic (exact) mass is 309 g/mol. The highest BCUT2D eigenvalue weighted by atomic mass is 16.5. The fourth-order valence-corrected chi connectivity index (χ4v) is 3.28. The van der Waals surface area contributed by atoms with Crippen molar-refractivity contribution in [3.8, 4) is 5.75 Å². The molecule has 0 spiro atoms. The molecule has 0 heterocycles. The van der Waals surface area contributed by atoms with Gasteiger partial charge >= 0.3 is 0 Å². The van der Waals surface area contributed by atoms with Crippen LogP contribution in [0.15, 0.2) is 48.5 Å². The summed E-state index contributed by atoms with van der Waals surface area (Å²) in [7, 11) is 1.60. The molecule has 0 atom stereocenters. The Hall–Kier alpha value is -2.29. The van der Waals surface area contributed by atoms with Crippen molar-refractivity contribution in [2.24, 2.45) is 0 Å². The van der Waals surface area contributed by atoms with Crippen molar-refractivity contribution in [3.63, 3.8) is 0 Å². The smallest absolute Gasteiger partial charge is 0.255 e. The summed E-state index contributed by atoms with van der Waals surface area (Å²) >= 11 is 0. The van der Waals surface area contributed by atoms with Crippen molar-refractivity contribution in [3.05, 3.63) is 59.7 Å². The van der Waals surface area contributed by atoms with Gasteiger partial charge in [0, 0.05) is 5.56 Å². The van der Waals surface area contributed by atoms with Crippen LogP contribution >= 0.6 is 0 Å². The fraction of sp³-hybridized carbons (Fsp3) is 0.350. The lowest BCUT2D eigenvalue weighted by Crippen LogP contribution is -2.13. The van der Waals surface area contributed by atoms with E-state index in [1.54, 1.807) is 7.11 Å². The molecule has 1 fully saturated rings. The number of ether oxygens (including phenoxy) is 1. The lowest BCUT2D eigenvalue weighted by Gasteiger charge is -2.22. The van der Waals surface area contributed by atoms with Gasteiger partial charge in [-0.25, -0.2) is 0 Å². The number of rotatable bonds is 4. The number of carbonyl (C=O) groups excluding carboxylic acids is 1. The molecule has 3 rings (SSSR count). The van der Waals surface area contributed by atoms with E-state index in [-0.39, 0.29) is 5.91 Å². The summed E-state index contributed by atoms with van der Waals surface area (Å²) in [4.78, 5) is 12.4. The average Bonchev–Trinajstić information content (AvgIpc) is 2.63. The average molecular weight is 309 g/mol. The van der Waals surface area contributed by atoms with Crippen LogP contribution in [-0.2, 0) is 0 Å². The zero-order chi connectivity index (χ0) is 16.1. The second kappa shape index (κ2) is 7.32. The standard InChI is InChI=1S/C20H23NO2/c1-23-19-10-6-5-9-18(19)21-20(22)17-13-11-16(12-14-17)15-7-3-2-4-8-15/h5-6,9-15H,2-4,7-8H2,1H3,(H,21,22). The number of hydrogen-bond donors (Lipinski definition) is 1. The maximum atomic E-state index is 12.4. The van der Waals surface area contributed by atoms with Gasteiger partial charge in [0.2, 0.25) is 0 Å². The van der Waals surface area contributed by atoms with E-state index in [0.29, 0.717) is 22.9 Å². The van der Waals surface area contributed by atoms with Gasteiger partial charge in [-0.2, -0.15) is 0 Å². The quantitative estimate of drug-likeness (QED) is 0.863. The molecule has 0 aliphatic heterocycles. The highest BCUT2D eigenvalue weighted by molar-refractivity contribution is 6.05. The number of para-hydroxylation sites is 2. The Bertz CT molecular complexity index is 658. The van der Waals surface area contributed by atoms with Crippen LogP contribution in [0.4, 0.5) is 5.69 Å². The third-order valence-corrected chi connectivity index (χ3v) is 4.60. The maximum Gasteiger partial charge on any atom is 0.255 e. The molecule has 0 saturated heterocycles. The van der Waals surface area contributed by atoms with Gasteiger partial charge in [-0.3, -0.25) is 4.79 Å². The summed E-state index contributed by atoms with van der Waals surface area (Å²) in [5.41, 5.74) is 2.73. The van der Waals surface area contributed by atoms with Gasteiger partial charge < -0.3 is 10.1 Å². The van der Waals surface area contributed by atoms with E-state index in [0.717, 1.165) is 0 Å². The topological polar surface area (TPSA) is 38.3 Å². The minimum atomic E-state index is -0.107. The molecule has 1 saturated carbocycles. The highest BCUT2D eigenvalue weighted by Crippen LogP contribution is 2.32. The van der Waals surface area contributed by atoms with Crippen LogP contribution in [-0.4, -0.2) is 13.0 Å². The van der Waals surface area contributed by atoms with E-state index >= 15 is 0 Å². The Kier molecular flexibility index (Phi) is 4.96. The van der Waals surface area contributed by atoms with Crippen molar-refractivity contribution < 1.29 is 9.53 Å². The minimum Gasteiger partial charge on any atom is -0.495 e. The second-order valence-corrected chi connectivity index (χ2v) is 6.11. The van der Waals surface area contributed by atoms with Gasteiger partial charge in [0.1, 0.15) is 5.75 Å². The number of nitrogens with one attached hydrogen (secondary N) is 1. The van der Waals surface area contributed by atoms with Crippen molar-refractivity contribution in [1.82, 2.24) is 0 Å². The summed E-state index contributed by atoms with van der Waals surface area (Å²) in [5, 5.41) is 2.91. The zero-order valence-corrected chi connectivity index (χ0v) is 13.5. The molecular weight excluding hydrogens is 286 g/mol. The van der Waals surface area contributed by atoms with Crippen LogP contribution in [0, 0.1) is 0 Å². The van der Waals surface area contributed by atoms with E-state index in [9.17, 15) is 4.79 Å². The molecule has 0 bridgehead atoms. The van der Waals surface area contributed by atoms with Crippen LogP contribution in [0.5, 0.6) is 5.75 Å². The Morgan fingerprint density at radius 2 is 1.70 bits per heavy atom. The van der Waals surface area contributed by atoms with Gasteiger partial charge in [-0.1, -0.05) is 43.5 Å². The minimum absolute atomic E-state index is 0.107. The molecule has 0 aromatic heterocycles. The molecule has 1 aliphatic carbocycles. The van der Waals surface area contributed by atoms with Crippen LogP contribution in [0.1, 0.15) is 53.9 Å². The third-order valence-electron chi connectivity index (χ3n) is 4.60. The van der Waals surface area contributed by atoms with Crippen LogP contribution < -0.4 is 10.1 Å². The largest absolute Gasteiger partial charge is 0.495 e. The van der Waals surface area contributed by atoms with Crippen LogP contribution in [0.25, 0.3) is 0 Å². The second-order valence-electron chi connectivity index (χ2n) is 6.11. The summed E-state index contributed by atoms with van der Waals surface area (Å²) in [6.45, 7) is 0. The van der Waals surface area contributed by atoms with E-state index in [2.05, 4.69) is 17.4 Å². The molecule has 120 valence electrons. The van der Waals surface area contributed by atoms with Crippen LogP contribution in [0.3, 0.4) is 0 Å². The van der Waals surface area contributed by atoms with E-state index in [4.69, 9.17) is 4.74 Å². The molecule has 1 amide bonds. The molecular formula is C20H23NO2. The first-order chi connectivity index (χ1) is 11.3. The summed E-state index contributed by atoms with van der Waals surface area (Å²) < 4.78 is 5.27. The molecule has 1 aliphatic rings. The van der Waals surface area contributed by atoms with E-state index in [1.165, 1.54) is 37.7 Å². The molecule has 3 nitrogen and oxygen atoms in total. The molecule has 0 radical (unpaired) electrons. The maximum absolute atomic E-state index is 12.4. The van der Waals surface area contributed by atoms with Crippen molar-refractivity contribution in [2.75, 3.05) is 12.4 Å². The molecule has 0 unspecified atom stereocenters. The molecule has 1 N–H and O–H groups in total. The predicted octanol–water partition coefficient (Wildman–Crippen LogP) is 5.00. The zero-order valence-electron chi connectivity index (χ0n) is 13.5. The Balaban J connectivity index is 1.70. The summed E-state index contributed by atoms with van der Waals surface area (Å²) in [6.07, 6.45) is 6.54. The van der Waals surface area contributed by atoms with Gasteiger partial charge in [0.05, 0.1) is 12.8 Å². The first-order valence-corrected chi connectivity index (χ1v) is 8.32. The summed E-state index contributed by atoms with van der Waals surface area (Å²) in [5.74, 6) is 1.22. The highest BCUT2D eigenvalue weighted by Gasteiger charge is 2.16. The Morgan fingerprint density at radius 3 is 2.39 bits per heavy atom. The lowest BCUT2D eigenvalue weighted by atomic mass is 9.84. The number of amides is 1. The van der Waals surface area contributed by atoms with Gasteiger partial charge in [-0.05, 0) is 48.6 Å². The Labute approximate surface area is 137 Å². The number of anilines is 1. The fourth-order valence-electron chi connectivity index (χ4n) is 3.28. The SMILES string of the molecule is COc1ccccc1NC(=O)c1ccc(C2CCCCC2)cc1. The van der Waals surface area contributed by atoms with Crippen molar-refractivity contribution in [2.45, 2.75) is 38.0 Å². The third kappa shape index (κ3) is 3.73. The predicted molar refractivity (Wildman–Crippen MR) is 93.2 cm³/mol. The van der Waals surface area contributed by atoms with Crippen molar-refractivity contribution >= 4 is 11.6 Å². The van der Waals surface area contributed by atoms with E-state index in [1.807, 2.05) is 36.4 Å². The number of hydrogen-bond acceptors (Lipinski definition) is 2. The summed E-state index contributed by atoms with van der Waals surface area (Å²) in [6, 6.07) is 15.5. The lowest BCUT2D eigenvalue weighted by molar-refractivity contribution is 0.102. The number of carbonyl (C=O) groups is 1. The van der Waals surface area contributed by atoms with Gasteiger partial charge in [-0.15, -0.1) is 0 Å². The first kappa shape index (κ1) is 15.6. The normalized spacial score (nSPS) is 15.2. The van der Waals surface area contributed by atoms with Gasteiger partial charge in [0.15, 0.2) is 0 Å². The Morgan fingerprint density at radius 1 is 1.00 bits per heavy atom. The van der Waals surface area contributed by atoms with Crippen LogP contribution in [0.2, 0.25) is 0 Å².